The number of rotatable bonds is 2. The lowest BCUT2D eigenvalue weighted by molar-refractivity contribution is -0.660. The van der Waals surface area contributed by atoms with E-state index in [1.165, 1.54) is 27.7 Å². The Bertz CT molecular complexity index is 1580. The number of aromatic nitrogens is 1. The molecule has 5 aromatic rings. The Morgan fingerprint density at radius 2 is 1.53 bits per heavy atom. The van der Waals surface area contributed by atoms with E-state index in [0.29, 0.717) is 0 Å². The van der Waals surface area contributed by atoms with Crippen LogP contribution in [0.5, 0.6) is 11.5 Å². The summed E-state index contributed by atoms with van der Waals surface area (Å²) < 4.78 is 15.6. The number of para-hydroxylation sites is 1. The normalized spacial score (nSPS) is 12.4. The van der Waals surface area contributed by atoms with Gasteiger partial charge in [0.2, 0.25) is 5.69 Å². The highest BCUT2D eigenvalue weighted by atomic mass is 16.5. The Morgan fingerprint density at radius 1 is 0.765 bits per heavy atom. The summed E-state index contributed by atoms with van der Waals surface area (Å²) in [7, 11) is 2.09. The van der Waals surface area contributed by atoms with Crippen LogP contribution < -0.4 is 25.9 Å². The number of aryl methyl sites for hydroxylation is 5. The number of hydrogen-bond acceptors (Lipinski definition) is 2. The minimum atomic E-state index is -0.0199. The zero-order chi connectivity index (χ0) is 23.6. The van der Waals surface area contributed by atoms with Gasteiger partial charge in [-0.05, 0) is 56.9 Å². The lowest BCUT2D eigenvalue weighted by atomic mass is 9.36. The minimum Gasteiger partial charge on any atom is -0.465 e. The second kappa shape index (κ2) is 7.63. The number of pyridine rings is 1. The molecular formula is C30H27BNO2+. The van der Waals surface area contributed by atoms with Crippen molar-refractivity contribution in [1.82, 2.24) is 0 Å². The van der Waals surface area contributed by atoms with E-state index in [0.717, 1.165) is 44.8 Å². The maximum Gasteiger partial charge on any atom is 0.297 e. The molecule has 0 unspecified atom stereocenters. The molecule has 1 aliphatic heterocycles. The van der Waals surface area contributed by atoms with Gasteiger partial charge in [0.05, 0.1) is 10.9 Å². The summed E-state index contributed by atoms with van der Waals surface area (Å²) in [6.07, 6.45) is 2.16. The van der Waals surface area contributed by atoms with Gasteiger partial charge in [0.1, 0.15) is 18.5 Å². The highest BCUT2D eigenvalue weighted by Crippen LogP contribution is 2.39. The van der Waals surface area contributed by atoms with Crippen LogP contribution >= 0.6 is 0 Å². The van der Waals surface area contributed by atoms with Crippen molar-refractivity contribution in [1.29, 1.82) is 0 Å². The Morgan fingerprint density at radius 3 is 2.29 bits per heavy atom. The number of furan rings is 1. The van der Waals surface area contributed by atoms with Crippen LogP contribution in [-0.4, -0.2) is 6.71 Å². The predicted molar refractivity (Wildman–Crippen MR) is 139 cm³/mol. The maximum absolute atomic E-state index is 6.84. The summed E-state index contributed by atoms with van der Waals surface area (Å²) in [6, 6.07) is 23.5. The third kappa shape index (κ3) is 3.02. The minimum absolute atomic E-state index is 0.0199. The molecule has 0 bridgehead atoms. The molecule has 0 radical (unpaired) electrons. The summed E-state index contributed by atoms with van der Waals surface area (Å²) in [4.78, 5) is 0. The highest BCUT2D eigenvalue weighted by molar-refractivity contribution is 6.96. The van der Waals surface area contributed by atoms with Crippen LogP contribution in [-0.2, 0) is 7.05 Å². The Hall–Kier alpha value is -3.79. The van der Waals surface area contributed by atoms with Gasteiger partial charge in [0, 0.05) is 11.6 Å². The molecule has 0 fully saturated rings. The topological polar surface area (TPSA) is 26.2 Å². The molecule has 166 valence electrons. The predicted octanol–water partition coefficient (Wildman–Crippen LogP) is 4.78. The van der Waals surface area contributed by atoms with E-state index in [1.54, 1.807) is 0 Å². The molecule has 0 spiro atoms. The van der Waals surface area contributed by atoms with Crippen molar-refractivity contribution >= 4 is 34.3 Å². The molecule has 4 heteroatoms. The SMILES string of the molecule is Cc1ccc(-c2c(C)ccc3c4c(oc23)B(c2c(C)cccc2C)c2ccccc2O4)[n+](C)c1. The van der Waals surface area contributed by atoms with Gasteiger partial charge in [-0.2, -0.15) is 0 Å². The number of fused-ring (bicyclic) bond motifs is 4. The number of ether oxygens (including phenoxy) is 1. The fraction of sp³-hybridized carbons (Fsp3) is 0.167. The smallest absolute Gasteiger partial charge is 0.297 e. The van der Waals surface area contributed by atoms with Crippen LogP contribution in [0.1, 0.15) is 22.3 Å². The van der Waals surface area contributed by atoms with E-state index in [2.05, 4.69) is 106 Å². The molecule has 0 amide bonds. The highest BCUT2D eigenvalue weighted by Gasteiger charge is 2.39. The monoisotopic (exact) mass is 444 g/mol. The van der Waals surface area contributed by atoms with Gasteiger partial charge >= 0.3 is 0 Å². The van der Waals surface area contributed by atoms with Crippen LogP contribution in [0.2, 0.25) is 0 Å². The van der Waals surface area contributed by atoms with E-state index < -0.39 is 0 Å². The molecule has 0 saturated carbocycles. The number of hydrogen-bond donors (Lipinski definition) is 0. The van der Waals surface area contributed by atoms with Crippen molar-refractivity contribution < 1.29 is 13.7 Å². The van der Waals surface area contributed by atoms with E-state index in [1.807, 2.05) is 6.07 Å². The summed E-state index contributed by atoms with van der Waals surface area (Å²) in [5.41, 5.74) is 11.4. The zero-order valence-electron chi connectivity index (χ0n) is 20.3. The van der Waals surface area contributed by atoms with Crippen LogP contribution in [0, 0.1) is 27.7 Å². The molecule has 2 aromatic heterocycles. The largest absolute Gasteiger partial charge is 0.465 e. The molecule has 0 saturated heterocycles. The van der Waals surface area contributed by atoms with Gasteiger partial charge in [-0.25, -0.2) is 4.57 Å². The Kier molecular flexibility index (Phi) is 4.67. The van der Waals surface area contributed by atoms with Crippen molar-refractivity contribution in [2.24, 2.45) is 7.05 Å². The van der Waals surface area contributed by atoms with Gasteiger partial charge < -0.3 is 9.15 Å². The number of benzene rings is 3. The molecule has 0 N–H and O–H groups in total. The molecule has 34 heavy (non-hydrogen) atoms. The third-order valence-corrected chi connectivity index (χ3v) is 7.12. The molecule has 1 aliphatic rings. The van der Waals surface area contributed by atoms with Crippen molar-refractivity contribution in [2.75, 3.05) is 0 Å². The van der Waals surface area contributed by atoms with E-state index in [-0.39, 0.29) is 6.71 Å². The lowest BCUT2D eigenvalue weighted by Crippen LogP contribution is -2.56. The second-order valence-corrected chi connectivity index (χ2v) is 9.51. The average molecular weight is 444 g/mol. The van der Waals surface area contributed by atoms with E-state index >= 15 is 0 Å². The zero-order valence-corrected chi connectivity index (χ0v) is 20.3. The summed E-state index contributed by atoms with van der Waals surface area (Å²) in [6.45, 7) is 8.61. The van der Waals surface area contributed by atoms with Crippen molar-refractivity contribution in [3.63, 3.8) is 0 Å². The fourth-order valence-electron chi connectivity index (χ4n) is 5.51. The van der Waals surface area contributed by atoms with Crippen LogP contribution in [0.3, 0.4) is 0 Å². The number of nitrogens with zero attached hydrogens (tertiary/aromatic N) is 1. The molecule has 3 nitrogen and oxygen atoms in total. The standard InChI is InChI=1S/C30H27BNO2/c1-18-13-16-24(32(5)17-18)26-19(2)14-15-22-28(26)34-30-29(22)33-25-12-7-6-11-23(25)31(30)27-20(3)9-8-10-21(27)4/h6-17H,1-5H3/q+1. The first-order valence-corrected chi connectivity index (χ1v) is 11.8. The van der Waals surface area contributed by atoms with E-state index in [9.17, 15) is 0 Å². The van der Waals surface area contributed by atoms with Gasteiger partial charge in [-0.3, -0.25) is 0 Å². The summed E-state index contributed by atoms with van der Waals surface area (Å²) in [5.74, 6) is 1.73. The maximum atomic E-state index is 6.84. The van der Waals surface area contributed by atoms with Gasteiger partial charge in [0.25, 0.3) is 6.71 Å². The Labute approximate surface area is 200 Å². The van der Waals surface area contributed by atoms with Crippen molar-refractivity contribution in [3.8, 4) is 22.8 Å². The fourth-order valence-corrected chi connectivity index (χ4v) is 5.51. The van der Waals surface area contributed by atoms with Crippen LogP contribution in [0.15, 0.2) is 77.3 Å². The van der Waals surface area contributed by atoms with Crippen LogP contribution in [0.4, 0.5) is 0 Å². The van der Waals surface area contributed by atoms with E-state index in [4.69, 9.17) is 9.15 Å². The first-order chi connectivity index (χ1) is 16.4. The van der Waals surface area contributed by atoms with Crippen molar-refractivity contribution in [3.05, 3.63) is 95.2 Å². The van der Waals surface area contributed by atoms with Gasteiger partial charge in [-0.15, -0.1) is 0 Å². The molecule has 0 aliphatic carbocycles. The summed E-state index contributed by atoms with van der Waals surface area (Å²) in [5, 5.41) is 1.02. The quantitative estimate of drug-likeness (QED) is 0.284. The van der Waals surface area contributed by atoms with Crippen molar-refractivity contribution in [2.45, 2.75) is 27.7 Å². The van der Waals surface area contributed by atoms with Gasteiger partial charge in [0.15, 0.2) is 17.5 Å². The second-order valence-electron chi connectivity index (χ2n) is 9.51. The van der Waals surface area contributed by atoms with Gasteiger partial charge in [-0.1, -0.05) is 59.1 Å². The first kappa shape index (κ1) is 20.8. The summed E-state index contributed by atoms with van der Waals surface area (Å²) >= 11 is 0. The molecule has 0 atom stereocenters. The van der Waals surface area contributed by atoms with Crippen LogP contribution in [0.25, 0.3) is 22.2 Å². The lowest BCUT2D eigenvalue weighted by Gasteiger charge is -2.25. The molecule has 3 aromatic carbocycles. The first-order valence-electron chi connectivity index (χ1n) is 11.8. The Balaban J connectivity index is 1.69. The molecular weight excluding hydrogens is 417 g/mol. The average Bonchev–Trinajstić information content (AvgIpc) is 3.17. The third-order valence-electron chi connectivity index (χ3n) is 7.12. The molecule has 6 rings (SSSR count). The molecule has 3 heterocycles.